The van der Waals surface area contributed by atoms with Gasteiger partial charge < -0.3 is 17.1 Å². The quantitative estimate of drug-likeness (QED) is 0.605. The number of rotatable bonds is 3. The summed E-state index contributed by atoms with van der Waals surface area (Å²) < 4.78 is 5.26. The standard InChI is InChI=1S/C14H19N3O.ClH/c1-18-13-8-5-4-7-12(13)11-16-17-14-9-3-2-6-10-15-14;/h4-5,7-8,11H,2-3,6,9-10H2,1H3,(H,15,17);1H/p-1. The van der Waals surface area contributed by atoms with E-state index in [4.69, 9.17) is 4.74 Å². The van der Waals surface area contributed by atoms with Crippen molar-refractivity contribution >= 4 is 12.1 Å². The largest absolute Gasteiger partial charge is 1.00 e. The normalized spacial score (nSPS) is 15.3. The smallest absolute Gasteiger partial charge is 0.127 e. The summed E-state index contributed by atoms with van der Waals surface area (Å²) in [5, 5.41) is 4.23. The molecule has 0 spiro atoms. The van der Waals surface area contributed by atoms with Gasteiger partial charge in [0.05, 0.1) is 13.3 Å². The summed E-state index contributed by atoms with van der Waals surface area (Å²) in [6.07, 6.45) is 6.39. The highest BCUT2D eigenvalue weighted by Gasteiger charge is 2.02. The van der Waals surface area contributed by atoms with Gasteiger partial charge in [0.25, 0.3) is 0 Å². The van der Waals surface area contributed by atoms with E-state index >= 15 is 0 Å². The molecule has 1 N–H and O–H groups in total. The van der Waals surface area contributed by atoms with Gasteiger partial charge in [0.15, 0.2) is 0 Å². The highest BCUT2D eigenvalue weighted by atomic mass is 35.5. The Morgan fingerprint density at radius 1 is 1.26 bits per heavy atom. The Morgan fingerprint density at radius 2 is 2.11 bits per heavy atom. The fraction of sp³-hybridized carbons (Fsp3) is 0.429. The van der Waals surface area contributed by atoms with Crippen molar-refractivity contribution in [2.24, 2.45) is 10.1 Å². The third-order valence-corrected chi connectivity index (χ3v) is 2.91. The minimum absolute atomic E-state index is 0. The summed E-state index contributed by atoms with van der Waals surface area (Å²) in [5.41, 5.74) is 3.99. The molecule has 0 aromatic heterocycles. The molecule has 1 aliphatic heterocycles. The second-order valence-corrected chi connectivity index (χ2v) is 4.25. The van der Waals surface area contributed by atoms with E-state index in [2.05, 4.69) is 15.5 Å². The van der Waals surface area contributed by atoms with Gasteiger partial charge in [0.2, 0.25) is 0 Å². The third-order valence-electron chi connectivity index (χ3n) is 2.91. The summed E-state index contributed by atoms with van der Waals surface area (Å²) in [4.78, 5) is 4.46. The Labute approximate surface area is 120 Å². The summed E-state index contributed by atoms with van der Waals surface area (Å²) in [7, 11) is 1.66. The SMILES string of the molecule is COc1ccccc1C=NNC1=NCCCCC1.[Cl-]. The summed E-state index contributed by atoms with van der Waals surface area (Å²) in [6, 6.07) is 7.80. The number of benzene rings is 1. The van der Waals surface area contributed by atoms with Crippen molar-refractivity contribution in [2.75, 3.05) is 13.7 Å². The van der Waals surface area contributed by atoms with Gasteiger partial charge in [-0.2, -0.15) is 5.10 Å². The Hall–Kier alpha value is -1.55. The Bertz CT molecular complexity index is 446. The van der Waals surface area contributed by atoms with E-state index in [1.165, 1.54) is 19.3 Å². The Kier molecular flexibility index (Phi) is 6.97. The average Bonchev–Trinajstić information content (AvgIpc) is 2.68. The van der Waals surface area contributed by atoms with Crippen LogP contribution in [-0.2, 0) is 0 Å². The van der Waals surface area contributed by atoms with Crippen molar-refractivity contribution < 1.29 is 17.1 Å². The molecule has 0 fully saturated rings. The minimum Gasteiger partial charge on any atom is -1.00 e. The molecule has 1 aromatic carbocycles. The summed E-state index contributed by atoms with van der Waals surface area (Å²) >= 11 is 0. The van der Waals surface area contributed by atoms with Gasteiger partial charge in [-0.1, -0.05) is 18.6 Å². The fourth-order valence-electron chi connectivity index (χ4n) is 1.91. The second kappa shape index (κ2) is 8.53. The van der Waals surface area contributed by atoms with Crippen molar-refractivity contribution in [1.29, 1.82) is 0 Å². The lowest BCUT2D eigenvalue weighted by molar-refractivity contribution is -0.00000409. The summed E-state index contributed by atoms with van der Waals surface area (Å²) in [5.74, 6) is 1.81. The van der Waals surface area contributed by atoms with Crippen LogP contribution in [0.2, 0.25) is 0 Å². The molecule has 2 rings (SSSR count). The number of halogens is 1. The van der Waals surface area contributed by atoms with Crippen molar-refractivity contribution in [2.45, 2.75) is 25.7 Å². The highest BCUT2D eigenvalue weighted by Crippen LogP contribution is 2.14. The molecule has 0 aliphatic carbocycles. The van der Waals surface area contributed by atoms with Crippen LogP contribution in [0.15, 0.2) is 34.4 Å². The topological polar surface area (TPSA) is 46.0 Å². The first kappa shape index (κ1) is 15.5. The average molecular weight is 281 g/mol. The van der Waals surface area contributed by atoms with Gasteiger partial charge in [-0.05, 0) is 25.0 Å². The van der Waals surface area contributed by atoms with Gasteiger partial charge in [0.1, 0.15) is 11.6 Å². The lowest BCUT2D eigenvalue weighted by Crippen LogP contribution is -3.00. The first-order chi connectivity index (χ1) is 8.90. The molecule has 5 heteroatoms. The van der Waals surface area contributed by atoms with Gasteiger partial charge in [-0.3, -0.25) is 10.4 Å². The predicted molar refractivity (Wildman–Crippen MR) is 74.5 cm³/mol. The molecule has 1 aliphatic rings. The molecule has 0 radical (unpaired) electrons. The Morgan fingerprint density at radius 3 is 2.95 bits per heavy atom. The monoisotopic (exact) mass is 280 g/mol. The number of hydrazone groups is 1. The molecule has 1 aromatic rings. The Balaban J connectivity index is 0.00000180. The number of nitrogens with zero attached hydrogens (tertiary/aromatic N) is 2. The van der Waals surface area contributed by atoms with E-state index in [0.29, 0.717) is 0 Å². The van der Waals surface area contributed by atoms with Crippen LogP contribution in [0.25, 0.3) is 0 Å². The first-order valence-electron chi connectivity index (χ1n) is 6.35. The maximum atomic E-state index is 5.26. The number of para-hydroxylation sites is 1. The number of aliphatic imine (C=N–C) groups is 1. The molecule has 1 heterocycles. The van der Waals surface area contributed by atoms with Gasteiger partial charge >= 0.3 is 0 Å². The maximum absolute atomic E-state index is 5.26. The van der Waals surface area contributed by atoms with E-state index in [1.54, 1.807) is 13.3 Å². The molecular weight excluding hydrogens is 262 g/mol. The molecule has 0 bridgehead atoms. The number of ether oxygens (including phenoxy) is 1. The number of amidine groups is 1. The van der Waals surface area contributed by atoms with Crippen LogP contribution in [0.5, 0.6) is 5.75 Å². The van der Waals surface area contributed by atoms with E-state index < -0.39 is 0 Å². The molecule has 0 saturated carbocycles. The molecule has 0 atom stereocenters. The van der Waals surface area contributed by atoms with Crippen molar-refractivity contribution in [3.8, 4) is 5.75 Å². The van der Waals surface area contributed by atoms with E-state index in [9.17, 15) is 0 Å². The summed E-state index contributed by atoms with van der Waals surface area (Å²) in [6.45, 7) is 0.909. The van der Waals surface area contributed by atoms with E-state index in [1.807, 2.05) is 24.3 Å². The van der Waals surface area contributed by atoms with E-state index in [-0.39, 0.29) is 12.4 Å². The molecule has 104 valence electrons. The van der Waals surface area contributed by atoms with Crippen LogP contribution in [0, 0.1) is 0 Å². The van der Waals surface area contributed by atoms with Crippen LogP contribution in [-0.4, -0.2) is 25.7 Å². The zero-order chi connectivity index (χ0) is 12.6. The molecule has 0 saturated heterocycles. The lowest BCUT2D eigenvalue weighted by Gasteiger charge is -2.04. The molecule has 4 nitrogen and oxygen atoms in total. The van der Waals surface area contributed by atoms with Crippen molar-refractivity contribution in [3.63, 3.8) is 0 Å². The lowest BCUT2D eigenvalue weighted by atomic mass is 10.2. The fourth-order valence-corrected chi connectivity index (χ4v) is 1.91. The van der Waals surface area contributed by atoms with Gasteiger partial charge in [0, 0.05) is 18.5 Å². The van der Waals surface area contributed by atoms with Crippen LogP contribution in [0.3, 0.4) is 0 Å². The third kappa shape index (κ3) is 4.91. The number of hydrogen-bond acceptors (Lipinski definition) is 4. The second-order valence-electron chi connectivity index (χ2n) is 4.25. The van der Waals surface area contributed by atoms with Crippen LogP contribution >= 0.6 is 0 Å². The van der Waals surface area contributed by atoms with E-state index in [0.717, 1.165) is 30.1 Å². The van der Waals surface area contributed by atoms with Crippen LogP contribution in [0.1, 0.15) is 31.2 Å². The number of nitrogens with one attached hydrogen (secondary N) is 1. The molecular formula is C14H19ClN3O-. The van der Waals surface area contributed by atoms with Crippen LogP contribution in [0.4, 0.5) is 0 Å². The zero-order valence-electron chi connectivity index (χ0n) is 11.1. The highest BCUT2D eigenvalue weighted by molar-refractivity contribution is 5.86. The molecule has 0 unspecified atom stereocenters. The molecule has 0 amide bonds. The zero-order valence-corrected chi connectivity index (χ0v) is 11.9. The maximum Gasteiger partial charge on any atom is 0.127 e. The van der Waals surface area contributed by atoms with Crippen LogP contribution < -0.4 is 22.6 Å². The molecule has 19 heavy (non-hydrogen) atoms. The van der Waals surface area contributed by atoms with Crippen molar-refractivity contribution in [3.05, 3.63) is 29.8 Å². The van der Waals surface area contributed by atoms with Gasteiger partial charge in [-0.15, -0.1) is 0 Å². The number of methoxy groups -OCH3 is 1. The number of hydrogen-bond donors (Lipinski definition) is 1. The van der Waals surface area contributed by atoms with Crippen molar-refractivity contribution in [1.82, 2.24) is 5.43 Å². The minimum atomic E-state index is 0. The predicted octanol–water partition coefficient (Wildman–Crippen LogP) is -0.405. The van der Waals surface area contributed by atoms with Gasteiger partial charge in [-0.25, -0.2) is 0 Å². The first-order valence-corrected chi connectivity index (χ1v) is 6.35.